The first-order valence-electron chi connectivity index (χ1n) is 13.7. The van der Waals surface area contributed by atoms with Crippen molar-refractivity contribution in [1.29, 1.82) is 0 Å². The zero-order valence-electron chi connectivity index (χ0n) is 24.0. The summed E-state index contributed by atoms with van der Waals surface area (Å²) in [4.78, 5) is 42.8. The molecule has 1 amide bonds. The number of hydrogen-bond acceptors (Lipinski definition) is 8. The van der Waals surface area contributed by atoms with Gasteiger partial charge in [0.15, 0.2) is 11.8 Å². The summed E-state index contributed by atoms with van der Waals surface area (Å²) in [5, 5.41) is 22.3. The molecule has 10 nitrogen and oxygen atoms in total. The van der Waals surface area contributed by atoms with Gasteiger partial charge in [-0.3, -0.25) is 19.8 Å². The van der Waals surface area contributed by atoms with E-state index in [4.69, 9.17) is 10.6 Å². The van der Waals surface area contributed by atoms with Gasteiger partial charge in [-0.1, -0.05) is 39.0 Å². The number of para-hydroxylation sites is 1. The topological polar surface area (TPSA) is 155 Å². The summed E-state index contributed by atoms with van der Waals surface area (Å²) in [6.07, 6.45) is 0.0885. The van der Waals surface area contributed by atoms with E-state index in [0.29, 0.717) is 17.9 Å². The van der Waals surface area contributed by atoms with Crippen LogP contribution in [0.15, 0.2) is 54.6 Å². The van der Waals surface area contributed by atoms with E-state index in [2.05, 4.69) is 4.98 Å². The van der Waals surface area contributed by atoms with Crippen molar-refractivity contribution >= 4 is 28.6 Å². The second-order valence-corrected chi connectivity index (χ2v) is 12.2. The second-order valence-electron chi connectivity index (χ2n) is 12.2. The maximum Gasteiger partial charge on any atom is 0.244 e. The van der Waals surface area contributed by atoms with Gasteiger partial charge in [0.05, 0.1) is 24.0 Å². The van der Waals surface area contributed by atoms with Crippen molar-refractivity contribution in [3.63, 3.8) is 0 Å². The molecule has 0 spiro atoms. The van der Waals surface area contributed by atoms with Crippen LogP contribution in [0, 0.1) is 17.8 Å². The number of ether oxygens (including phenoxy) is 1. The van der Waals surface area contributed by atoms with E-state index in [0.717, 1.165) is 22.2 Å². The zero-order chi connectivity index (χ0) is 30.0. The number of carbonyl (C=O) groups is 3. The van der Waals surface area contributed by atoms with E-state index < -0.39 is 28.7 Å². The van der Waals surface area contributed by atoms with Gasteiger partial charge in [0.1, 0.15) is 18.3 Å². The number of rotatable bonds is 9. The van der Waals surface area contributed by atoms with Gasteiger partial charge < -0.3 is 14.6 Å². The van der Waals surface area contributed by atoms with Gasteiger partial charge in [-0.25, -0.2) is 10.1 Å². The number of nitrogens with one attached hydrogen (secondary N) is 1. The number of nitrogens with zero attached hydrogens (tertiary/aromatic N) is 2. The van der Waals surface area contributed by atoms with E-state index in [9.17, 15) is 24.7 Å². The number of ketones is 1. The number of pyridine rings is 1. The summed E-state index contributed by atoms with van der Waals surface area (Å²) in [5.74, 6) is 4.96. The second kappa shape index (κ2) is 11.6. The van der Waals surface area contributed by atoms with Crippen LogP contribution < -0.4 is 21.2 Å². The average Bonchev–Trinajstić information content (AvgIpc) is 2.92. The number of aliphatic carboxylic acids is 1. The highest BCUT2D eigenvalue weighted by Gasteiger charge is 2.52. The minimum Gasteiger partial charge on any atom is -0.544 e. The lowest BCUT2D eigenvalue weighted by molar-refractivity contribution is -0.968. The van der Waals surface area contributed by atoms with Crippen LogP contribution in [-0.4, -0.2) is 51.6 Å². The molecule has 2 heterocycles. The first-order valence-corrected chi connectivity index (χ1v) is 13.7. The predicted octanol–water partition coefficient (Wildman–Crippen LogP) is 2.84. The molecule has 218 valence electrons. The Bertz CT molecular complexity index is 1440. The molecule has 1 fully saturated rings. The van der Waals surface area contributed by atoms with E-state index >= 15 is 0 Å². The molecule has 1 atom stereocenters. The van der Waals surface area contributed by atoms with Crippen LogP contribution in [-0.2, 0) is 16.2 Å². The smallest absolute Gasteiger partial charge is 0.244 e. The molecule has 3 aromatic rings. The molecule has 0 bridgehead atoms. The number of Topliss-reactive ketones (excluding diaryl/α,β-unsaturated/α-hetero) is 1. The summed E-state index contributed by atoms with van der Waals surface area (Å²) in [5.41, 5.74) is 2.96. The third-order valence-electron chi connectivity index (χ3n) is 8.12. The van der Waals surface area contributed by atoms with Crippen molar-refractivity contribution in [2.45, 2.75) is 59.6 Å². The third-order valence-corrected chi connectivity index (χ3v) is 8.12. The van der Waals surface area contributed by atoms with Crippen molar-refractivity contribution < 1.29 is 34.0 Å². The van der Waals surface area contributed by atoms with Gasteiger partial charge in [-0.15, -0.1) is 0 Å². The Kier molecular flexibility index (Phi) is 8.49. The number of amides is 1. The highest BCUT2D eigenvalue weighted by molar-refractivity contribution is 6.02. The molecule has 1 aliphatic rings. The van der Waals surface area contributed by atoms with Gasteiger partial charge in [-0.2, -0.15) is 5.84 Å². The summed E-state index contributed by atoms with van der Waals surface area (Å²) < 4.78 is 5.74. The summed E-state index contributed by atoms with van der Waals surface area (Å²) >= 11 is 0. The molecule has 0 aliphatic carbocycles. The number of piperidine rings is 1. The predicted molar refractivity (Wildman–Crippen MR) is 150 cm³/mol. The number of nitrogens with two attached hydrogens (primary N) is 1. The van der Waals surface area contributed by atoms with Gasteiger partial charge in [0, 0.05) is 46.9 Å². The number of carboxylic acids is 1. The molecule has 1 saturated heterocycles. The molecule has 41 heavy (non-hydrogen) atoms. The molecule has 0 saturated carbocycles. The van der Waals surface area contributed by atoms with E-state index in [1.807, 2.05) is 37.3 Å². The normalized spacial score (nSPS) is 21.7. The fourth-order valence-electron chi connectivity index (χ4n) is 6.19. The summed E-state index contributed by atoms with van der Waals surface area (Å²) in [7, 11) is 0. The number of likely N-dealkylation sites (tertiary alicyclic amines) is 1. The van der Waals surface area contributed by atoms with Crippen LogP contribution in [0.1, 0.15) is 61.6 Å². The van der Waals surface area contributed by atoms with Crippen LogP contribution in [0.2, 0.25) is 0 Å². The highest BCUT2D eigenvalue weighted by atomic mass is 16.5. The summed E-state index contributed by atoms with van der Waals surface area (Å²) in [6, 6.07) is 15.6. The number of benzene rings is 2. The first kappa shape index (κ1) is 30.1. The Morgan fingerprint density at radius 1 is 1.12 bits per heavy atom. The van der Waals surface area contributed by atoms with Crippen LogP contribution in [0.5, 0.6) is 5.75 Å². The van der Waals surface area contributed by atoms with Crippen molar-refractivity contribution in [2.24, 2.45) is 16.7 Å². The molecule has 0 radical (unpaired) electrons. The van der Waals surface area contributed by atoms with E-state index in [1.165, 1.54) is 0 Å². The number of hydrogen-bond donors (Lipinski definition) is 3. The number of carboxylic acid groups (broad SMARTS) is 1. The standard InChI is InChI=1S/C31H38N4O6/c1-20-17-22(24-7-5-6-8-25(24)33-20)19-41-23-11-9-21(10-12-23)28(37)31(18-26(36)34-40)13-15-35(32,16-14-31)27(29(38)39)30(2,3)4/h5-12,17,27H,13-16,18-19,32H2,1-4H3,(H2-,34,36,38,39,40). The number of quaternary nitrogens is 1. The number of hydroxylamine groups is 1. The number of carbonyl (C=O) groups excluding carboxylic acids is 3. The lowest BCUT2D eigenvalue weighted by Gasteiger charge is -2.51. The molecular weight excluding hydrogens is 524 g/mol. The molecule has 1 unspecified atom stereocenters. The fraction of sp³-hybridized carbons (Fsp3) is 0.419. The van der Waals surface area contributed by atoms with Crippen LogP contribution in [0.3, 0.4) is 0 Å². The minimum absolute atomic E-state index is 0.154. The Labute approximate surface area is 239 Å². The lowest BCUT2D eigenvalue weighted by Crippen LogP contribution is -2.73. The number of aryl methyl sites for hydroxylation is 1. The van der Waals surface area contributed by atoms with Gasteiger partial charge in [0.25, 0.3) is 0 Å². The minimum atomic E-state index is -1.25. The molecule has 4 N–H and O–H groups in total. The average molecular weight is 563 g/mol. The van der Waals surface area contributed by atoms with Crippen LogP contribution >= 0.6 is 0 Å². The fourth-order valence-corrected chi connectivity index (χ4v) is 6.19. The molecule has 4 rings (SSSR count). The largest absolute Gasteiger partial charge is 0.544 e. The van der Waals surface area contributed by atoms with Gasteiger partial charge in [0.2, 0.25) is 5.91 Å². The molecule has 2 aromatic carbocycles. The molecule has 1 aliphatic heterocycles. The Morgan fingerprint density at radius 3 is 2.34 bits per heavy atom. The maximum absolute atomic E-state index is 13.9. The lowest BCUT2D eigenvalue weighted by atomic mass is 9.69. The summed E-state index contributed by atoms with van der Waals surface area (Å²) in [6.45, 7) is 7.92. The third kappa shape index (κ3) is 6.40. The Hall–Kier alpha value is -3.86. The van der Waals surface area contributed by atoms with Crippen molar-refractivity contribution in [1.82, 2.24) is 10.5 Å². The number of aromatic nitrogens is 1. The molecular formula is C31H38N4O6. The van der Waals surface area contributed by atoms with Gasteiger partial charge in [-0.05, 0) is 43.3 Å². The number of fused-ring (bicyclic) bond motifs is 1. The van der Waals surface area contributed by atoms with Crippen molar-refractivity contribution in [3.05, 3.63) is 71.4 Å². The van der Waals surface area contributed by atoms with Crippen LogP contribution in [0.4, 0.5) is 0 Å². The van der Waals surface area contributed by atoms with Crippen molar-refractivity contribution in [3.8, 4) is 5.75 Å². The monoisotopic (exact) mass is 562 g/mol. The first-order chi connectivity index (χ1) is 19.3. The SMILES string of the molecule is Cc1cc(COc2ccc(C(=O)C3(CC(=O)NO)CC[N+](N)(C(C(=O)[O-])C(C)(C)C)CC3)cc2)c2ccccc2n1. The van der Waals surface area contributed by atoms with Gasteiger partial charge >= 0.3 is 0 Å². The Morgan fingerprint density at radius 2 is 1.76 bits per heavy atom. The molecule has 10 heteroatoms. The van der Waals surface area contributed by atoms with E-state index in [-0.39, 0.29) is 42.7 Å². The van der Waals surface area contributed by atoms with Crippen molar-refractivity contribution in [2.75, 3.05) is 13.1 Å². The maximum atomic E-state index is 13.9. The van der Waals surface area contributed by atoms with Crippen LogP contribution in [0.25, 0.3) is 10.9 Å². The molecule has 1 aromatic heterocycles. The van der Waals surface area contributed by atoms with E-state index in [1.54, 1.807) is 50.5 Å². The quantitative estimate of drug-likeness (QED) is 0.118. The highest BCUT2D eigenvalue weighted by Crippen LogP contribution is 2.42. The zero-order valence-corrected chi connectivity index (χ0v) is 24.0. The Balaban J connectivity index is 1.53.